The Morgan fingerprint density at radius 3 is 2.86 bits per heavy atom. The molecule has 1 saturated heterocycles. The second-order valence-electron chi connectivity index (χ2n) is 6.57. The lowest BCUT2D eigenvalue weighted by atomic mass is 9.95. The van der Waals surface area contributed by atoms with Gasteiger partial charge < -0.3 is 20.8 Å². The summed E-state index contributed by atoms with van der Waals surface area (Å²) in [6.07, 6.45) is 3.50. The lowest BCUT2D eigenvalue weighted by molar-refractivity contribution is 0.0948. The molecule has 0 spiro atoms. The maximum absolute atomic E-state index is 12.4. The summed E-state index contributed by atoms with van der Waals surface area (Å²) >= 11 is 1.40. The van der Waals surface area contributed by atoms with Crippen molar-refractivity contribution in [1.82, 2.24) is 15.6 Å². The van der Waals surface area contributed by atoms with Gasteiger partial charge in [-0.3, -0.25) is 4.79 Å². The van der Waals surface area contributed by atoms with Crippen LogP contribution in [0.15, 0.2) is 20.7 Å². The summed E-state index contributed by atoms with van der Waals surface area (Å²) < 4.78 is 5.45. The van der Waals surface area contributed by atoms with E-state index < -0.39 is 5.63 Å². The molecule has 28 heavy (non-hydrogen) atoms. The highest BCUT2D eigenvalue weighted by molar-refractivity contribution is 7.13. The minimum absolute atomic E-state index is 0. The first-order valence-corrected chi connectivity index (χ1v) is 9.76. The minimum atomic E-state index is -0.560. The summed E-state index contributed by atoms with van der Waals surface area (Å²) in [5.41, 5.74) is 6.71. The zero-order chi connectivity index (χ0) is 18.5. The van der Waals surface area contributed by atoms with Gasteiger partial charge in [-0.15, -0.1) is 36.2 Å². The van der Waals surface area contributed by atoms with Crippen molar-refractivity contribution < 1.29 is 9.21 Å². The van der Waals surface area contributed by atoms with Crippen molar-refractivity contribution >= 4 is 47.2 Å². The van der Waals surface area contributed by atoms with Crippen LogP contribution >= 0.6 is 36.2 Å². The van der Waals surface area contributed by atoms with E-state index in [2.05, 4.69) is 15.6 Å². The topological polar surface area (TPSA) is 110 Å². The van der Waals surface area contributed by atoms with Crippen molar-refractivity contribution in [2.45, 2.75) is 38.5 Å². The maximum atomic E-state index is 12.4. The van der Waals surface area contributed by atoms with Gasteiger partial charge in [0.15, 0.2) is 5.13 Å². The van der Waals surface area contributed by atoms with Crippen molar-refractivity contribution in [3.05, 3.63) is 44.4 Å². The summed E-state index contributed by atoms with van der Waals surface area (Å²) in [5, 5.41) is 8.55. The number of hydrogen-bond donors (Lipinski definition) is 3. The third-order valence-corrected chi connectivity index (χ3v) is 5.28. The summed E-state index contributed by atoms with van der Waals surface area (Å²) in [6.45, 7) is 4.04. The quantitative estimate of drug-likeness (QED) is 0.585. The molecule has 0 aromatic carbocycles. The van der Waals surface area contributed by atoms with E-state index >= 15 is 0 Å². The molecule has 3 rings (SSSR count). The van der Waals surface area contributed by atoms with Gasteiger partial charge in [-0.05, 0) is 50.8 Å². The molecule has 2 aromatic heterocycles. The van der Waals surface area contributed by atoms with Crippen LogP contribution in [0.2, 0.25) is 0 Å². The van der Waals surface area contributed by atoms with Gasteiger partial charge >= 0.3 is 5.63 Å². The number of piperidine rings is 1. The fourth-order valence-electron chi connectivity index (χ4n) is 3.20. The van der Waals surface area contributed by atoms with E-state index in [-0.39, 0.29) is 42.2 Å². The molecule has 156 valence electrons. The number of amides is 1. The third kappa shape index (κ3) is 6.20. The summed E-state index contributed by atoms with van der Waals surface area (Å²) in [5.74, 6) is 0.470. The molecule has 3 heterocycles. The van der Waals surface area contributed by atoms with Crippen LogP contribution in [0.1, 0.15) is 52.6 Å². The highest BCUT2D eigenvalue weighted by atomic mass is 35.5. The first kappa shape index (κ1) is 24.4. The standard InChI is InChI=1S/C18H24N4O3S.2ClH/c1-11-8-14(12-4-2-6-20-9-12)25-17(24)15(11)16(23)21-7-3-5-13-10-26-18(19)22-13;;/h8,10,12,20H,2-7,9H2,1H3,(H2,19,22)(H,21,23);2*1H. The molecule has 4 N–H and O–H groups in total. The highest BCUT2D eigenvalue weighted by Gasteiger charge is 2.22. The van der Waals surface area contributed by atoms with Crippen LogP contribution in [0.25, 0.3) is 0 Å². The number of aryl methyl sites for hydroxylation is 2. The van der Waals surface area contributed by atoms with Crippen LogP contribution in [0, 0.1) is 6.92 Å². The molecule has 1 fully saturated rings. The molecule has 7 nitrogen and oxygen atoms in total. The number of aromatic nitrogens is 1. The average Bonchev–Trinajstić information content (AvgIpc) is 3.04. The number of carbonyl (C=O) groups is 1. The second-order valence-corrected chi connectivity index (χ2v) is 7.46. The van der Waals surface area contributed by atoms with Crippen molar-refractivity contribution in [2.24, 2.45) is 0 Å². The van der Waals surface area contributed by atoms with Crippen LogP contribution in [-0.2, 0) is 6.42 Å². The van der Waals surface area contributed by atoms with Crippen molar-refractivity contribution in [3.8, 4) is 0 Å². The Labute approximate surface area is 180 Å². The van der Waals surface area contributed by atoms with Gasteiger partial charge in [0.05, 0.1) is 5.69 Å². The van der Waals surface area contributed by atoms with Crippen molar-refractivity contribution in [3.63, 3.8) is 0 Å². The Kier molecular flexibility index (Phi) is 9.95. The lowest BCUT2D eigenvalue weighted by Crippen LogP contribution is -2.32. The van der Waals surface area contributed by atoms with E-state index in [0.29, 0.717) is 23.0 Å². The maximum Gasteiger partial charge on any atom is 0.349 e. The third-order valence-electron chi connectivity index (χ3n) is 4.56. The number of halogens is 2. The smallest absolute Gasteiger partial charge is 0.349 e. The molecule has 10 heteroatoms. The lowest BCUT2D eigenvalue weighted by Gasteiger charge is -2.22. The summed E-state index contributed by atoms with van der Waals surface area (Å²) in [4.78, 5) is 28.9. The summed E-state index contributed by atoms with van der Waals surface area (Å²) in [6, 6.07) is 1.83. The molecule has 0 bridgehead atoms. The van der Waals surface area contributed by atoms with Gasteiger partial charge in [0, 0.05) is 24.4 Å². The van der Waals surface area contributed by atoms with Gasteiger partial charge in [0.2, 0.25) is 0 Å². The molecule has 1 aliphatic heterocycles. The Hall–Kier alpha value is -1.61. The molecular weight excluding hydrogens is 423 g/mol. The molecule has 1 aliphatic rings. The molecule has 0 radical (unpaired) electrons. The van der Waals surface area contributed by atoms with Crippen molar-refractivity contribution in [1.29, 1.82) is 0 Å². The molecule has 0 aliphatic carbocycles. The van der Waals surface area contributed by atoms with E-state index in [0.717, 1.165) is 44.5 Å². The Bertz CT molecular complexity index is 834. The van der Waals surface area contributed by atoms with E-state index in [4.69, 9.17) is 10.2 Å². The Morgan fingerprint density at radius 2 is 2.25 bits per heavy atom. The fraction of sp³-hybridized carbons (Fsp3) is 0.500. The molecule has 0 saturated carbocycles. The average molecular weight is 449 g/mol. The monoisotopic (exact) mass is 448 g/mol. The van der Waals surface area contributed by atoms with Crippen molar-refractivity contribution in [2.75, 3.05) is 25.4 Å². The summed E-state index contributed by atoms with van der Waals surface area (Å²) in [7, 11) is 0. The fourth-order valence-corrected chi connectivity index (χ4v) is 3.80. The van der Waals surface area contributed by atoms with Gasteiger partial charge in [0.25, 0.3) is 5.91 Å². The predicted octanol–water partition coefficient (Wildman–Crippen LogP) is 2.66. The van der Waals surface area contributed by atoms with Gasteiger partial charge in [-0.2, -0.15) is 0 Å². The zero-order valence-electron chi connectivity index (χ0n) is 15.7. The number of nitrogens with two attached hydrogens (primary N) is 1. The minimum Gasteiger partial charge on any atom is -0.427 e. The van der Waals surface area contributed by atoms with E-state index in [1.165, 1.54) is 11.3 Å². The Balaban J connectivity index is 0.00000196. The molecule has 2 aromatic rings. The number of carbonyl (C=O) groups excluding carboxylic acids is 1. The molecule has 1 atom stereocenters. The van der Waals surface area contributed by atoms with Gasteiger partial charge in [0.1, 0.15) is 11.3 Å². The van der Waals surface area contributed by atoms with E-state index in [1.54, 1.807) is 6.92 Å². The van der Waals surface area contributed by atoms with Crippen LogP contribution in [0.3, 0.4) is 0 Å². The SMILES string of the molecule is Cc1cc(C2CCCNC2)oc(=O)c1C(=O)NCCCc1csc(N)n1.Cl.Cl. The highest BCUT2D eigenvalue weighted by Crippen LogP contribution is 2.23. The van der Waals surface area contributed by atoms with Crippen LogP contribution < -0.4 is 22.0 Å². The number of hydrogen-bond acceptors (Lipinski definition) is 7. The van der Waals surface area contributed by atoms with Crippen LogP contribution in [0.4, 0.5) is 5.13 Å². The van der Waals surface area contributed by atoms with E-state index in [9.17, 15) is 9.59 Å². The van der Waals surface area contributed by atoms with E-state index in [1.807, 2.05) is 11.4 Å². The van der Waals surface area contributed by atoms with Crippen LogP contribution in [-0.4, -0.2) is 30.5 Å². The number of nitrogen functional groups attached to an aromatic ring is 1. The number of rotatable bonds is 6. The Morgan fingerprint density at radius 1 is 1.46 bits per heavy atom. The first-order valence-electron chi connectivity index (χ1n) is 8.88. The second kappa shape index (κ2) is 11.4. The first-order chi connectivity index (χ1) is 12.5. The van der Waals surface area contributed by atoms with Gasteiger partial charge in [-0.1, -0.05) is 0 Å². The van der Waals surface area contributed by atoms with Crippen LogP contribution in [0.5, 0.6) is 0 Å². The number of thiazole rings is 1. The largest absolute Gasteiger partial charge is 0.427 e. The molecule has 1 unspecified atom stereocenters. The predicted molar refractivity (Wildman–Crippen MR) is 116 cm³/mol. The number of nitrogens with one attached hydrogen (secondary N) is 2. The van der Waals surface area contributed by atoms with Gasteiger partial charge in [-0.25, -0.2) is 9.78 Å². The molecular formula is C18H26Cl2N4O3S. The zero-order valence-corrected chi connectivity index (χ0v) is 18.1. The number of anilines is 1. The normalized spacial score (nSPS) is 16.0. The number of nitrogens with zero attached hydrogens (tertiary/aromatic N) is 1. The molecule has 1 amide bonds.